The van der Waals surface area contributed by atoms with Crippen LogP contribution in [0, 0.1) is 5.92 Å². The van der Waals surface area contributed by atoms with E-state index >= 15 is 0 Å². The van der Waals surface area contributed by atoms with E-state index < -0.39 is 0 Å². The van der Waals surface area contributed by atoms with E-state index in [9.17, 15) is 4.79 Å². The van der Waals surface area contributed by atoms with Crippen LogP contribution in [0.2, 0.25) is 10.4 Å². The van der Waals surface area contributed by atoms with E-state index in [2.05, 4.69) is 31.2 Å². The summed E-state index contributed by atoms with van der Waals surface area (Å²) in [7, 11) is 0. The Hall–Kier alpha value is -0.390. The zero-order valence-corrected chi connectivity index (χ0v) is 11.8. The van der Waals surface area contributed by atoms with Gasteiger partial charge in [-0.3, -0.25) is 4.79 Å². The molecule has 4 nitrogen and oxygen atoms in total. The van der Waals surface area contributed by atoms with Crippen LogP contribution >= 0.6 is 39.1 Å². The Bertz CT molecular complexity index is 380. The molecule has 0 aliphatic carbocycles. The summed E-state index contributed by atoms with van der Waals surface area (Å²) >= 11 is 14.6. The number of alkyl halides is 1. The smallest absolute Gasteiger partial charge is 0.239 e. The van der Waals surface area contributed by atoms with Crippen LogP contribution in [0.1, 0.15) is 13.8 Å². The summed E-state index contributed by atoms with van der Waals surface area (Å²) < 4.78 is 0. The number of nitrogens with zero attached hydrogens (tertiary/aromatic N) is 2. The molecule has 0 aliphatic rings. The molecule has 1 aromatic heterocycles. The minimum atomic E-state index is -0.292. The summed E-state index contributed by atoms with van der Waals surface area (Å²) in [5.41, 5.74) is 0. The van der Waals surface area contributed by atoms with Crippen LogP contribution in [0.4, 0.5) is 5.82 Å². The van der Waals surface area contributed by atoms with Crippen molar-refractivity contribution in [2.75, 3.05) is 5.32 Å². The van der Waals surface area contributed by atoms with Gasteiger partial charge < -0.3 is 5.32 Å². The summed E-state index contributed by atoms with van der Waals surface area (Å²) in [4.78, 5) is 18.9. The van der Waals surface area contributed by atoms with E-state index in [0.717, 1.165) is 0 Å². The lowest BCUT2D eigenvalue weighted by atomic mass is 10.1. The summed E-state index contributed by atoms with van der Waals surface area (Å²) in [5, 5.41) is 2.78. The van der Waals surface area contributed by atoms with Gasteiger partial charge in [0.2, 0.25) is 11.2 Å². The molecule has 1 rings (SSSR count). The minimum absolute atomic E-state index is 0.00142. The Labute approximate surface area is 112 Å². The first-order valence-corrected chi connectivity index (χ1v) is 6.22. The second-order valence-corrected chi connectivity index (χ2v) is 5.19. The van der Waals surface area contributed by atoms with Crippen molar-refractivity contribution >= 4 is 50.9 Å². The van der Waals surface area contributed by atoms with Crippen LogP contribution < -0.4 is 5.32 Å². The first-order valence-electron chi connectivity index (χ1n) is 4.55. The third-order valence-corrected chi connectivity index (χ3v) is 3.59. The Balaban J connectivity index is 2.77. The highest BCUT2D eigenvalue weighted by Crippen LogP contribution is 2.17. The highest BCUT2D eigenvalue weighted by atomic mass is 79.9. The topological polar surface area (TPSA) is 54.9 Å². The SMILES string of the molecule is CC(C)C(Br)C(=O)Nc1cc(Cl)nc(Cl)n1. The molecule has 0 radical (unpaired) electrons. The molecule has 0 saturated heterocycles. The van der Waals surface area contributed by atoms with Gasteiger partial charge in [0, 0.05) is 6.07 Å². The van der Waals surface area contributed by atoms with E-state index in [1.54, 1.807) is 0 Å². The van der Waals surface area contributed by atoms with Crippen LogP contribution in [0.15, 0.2) is 6.07 Å². The van der Waals surface area contributed by atoms with Crippen LogP contribution in [-0.4, -0.2) is 20.7 Å². The summed E-state index contributed by atoms with van der Waals surface area (Å²) in [6, 6.07) is 1.44. The van der Waals surface area contributed by atoms with Crippen molar-refractivity contribution in [3.05, 3.63) is 16.5 Å². The largest absolute Gasteiger partial charge is 0.310 e. The maximum absolute atomic E-state index is 11.7. The normalized spacial score (nSPS) is 12.6. The van der Waals surface area contributed by atoms with Gasteiger partial charge >= 0.3 is 0 Å². The molecule has 1 N–H and O–H groups in total. The van der Waals surface area contributed by atoms with Crippen LogP contribution in [-0.2, 0) is 4.79 Å². The molecule has 1 heterocycles. The third-order valence-electron chi connectivity index (χ3n) is 1.75. The van der Waals surface area contributed by atoms with E-state index in [0.29, 0.717) is 5.82 Å². The van der Waals surface area contributed by atoms with Gasteiger partial charge in [-0.2, -0.15) is 0 Å². The number of hydrogen-bond acceptors (Lipinski definition) is 3. The molecule has 0 aromatic carbocycles. The molecule has 0 saturated carbocycles. The molecule has 88 valence electrons. The van der Waals surface area contributed by atoms with E-state index in [-0.39, 0.29) is 27.1 Å². The Morgan fingerprint density at radius 2 is 2.06 bits per heavy atom. The van der Waals surface area contributed by atoms with E-state index in [1.165, 1.54) is 6.07 Å². The van der Waals surface area contributed by atoms with E-state index in [4.69, 9.17) is 23.2 Å². The zero-order chi connectivity index (χ0) is 12.3. The molecule has 7 heteroatoms. The molecule has 0 spiro atoms. The highest BCUT2D eigenvalue weighted by molar-refractivity contribution is 9.10. The molecule has 1 amide bonds. The minimum Gasteiger partial charge on any atom is -0.310 e. The van der Waals surface area contributed by atoms with Crippen molar-refractivity contribution in [3.63, 3.8) is 0 Å². The van der Waals surface area contributed by atoms with Crippen molar-refractivity contribution in [1.82, 2.24) is 9.97 Å². The lowest BCUT2D eigenvalue weighted by Gasteiger charge is -2.13. The lowest BCUT2D eigenvalue weighted by Crippen LogP contribution is -2.27. The zero-order valence-electron chi connectivity index (χ0n) is 8.67. The molecule has 1 unspecified atom stereocenters. The number of carbonyl (C=O) groups excluding carboxylic acids is 1. The molecule has 0 fully saturated rings. The number of nitrogens with one attached hydrogen (secondary N) is 1. The third kappa shape index (κ3) is 3.88. The van der Waals surface area contributed by atoms with Crippen LogP contribution in [0.25, 0.3) is 0 Å². The average molecular weight is 327 g/mol. The fourth-order valence-corrected chi connectivity index (χ4v) is 1.48. The molecule has 16 heavy (non-hydrogen) atoms. The fourth-order valence-electron chi connectivity index (χ4n) is 0.952. The van der Waals surface area contributed by atoms with Gasteiger partial charge in [-0.25, -0.2) is 9.97 Å². The first kappa shape index (κ1) is 13.7. The number of rotatable bonds is 3. The second-order valence-electron chi connectivity index (χ2n) is 3.48. The predicted molar refractivity (Wildman–Crippen MR) is 68.2 cm³/mol. The van der Waals surface area contributed by atoms with Gasteiger partial charge in [0.25, 0.3) is 0 Å². The van der Waals surface area contributed by atoms with Crippen molar-refractivity contribution in [2.24, 2.45) is 5.92 Å². The van der Waals surface area contributed by atoms with E-state index in [1.807, 2.05) is 13.8 Å². The quantitative estimate of drug-likeness (QED) is 0.527. The van der Waals surface area contributed by atoms with Gasteiger partial charge in [0.1, 0.15) is 11.0 Å². The van der Waals surface area contributed by atoms with Crippen molar-refractivity contribution in [2.45, 2.75) is 18.7 Å². The molecule has 0 aliphatic heterocycles. The standard InChI is InChI=1S/C9H10BrCl2N3O/c1-4(2)7(10)8(16)14-6-3-5(11)13-9(12)15-6/h3-4,7H,1-2H3,(H,13,14,15,16). The number of anilines is 1. The second kappa shape index (κ2) is 5.80. The van der Waals surface area contributed by atoms with Crippen molar-refractivity contribution in [3.8, 4) is 0 Å². The number of hydrogen-bond donors (Lipinski definition) is 1. The first-order chi connectivity index (χ1) is 7.40. The lowest BCUT2D eigenvalue weighted by molar-refractivity contribution is -0.116. The monoisotopic (exact) mass is 325 g/mol. The van der Waals surface area contributed by atoms with Gasteiger partial charge in [-0.1, -0.05) is 41.4 Å². The predicted octanol–water partition coefficient (Wildman–Crippen LogP) is 3.14. The molecule has 0 bridgehead atoms. The summed E-state index contributed by atoms with van der Waals surface area (Å²) in [5.74, 6) is 0.272. The molecule has 1 atom stereocenters. The van der Waals surface area contributed by atoms with Gasteiger partial charge in [-0.05, 0) is 17.5 Å². The van der Waals surface area contributed by atoms with Crippen molar-refractivity contribution in [1.29, 1.82) is 0 Å². The molecule has 1 aromatic rings. The average Bonchev–Trinajstić information content (AvgIpc) is 2.14. The number of halogens is 3. The Morgan fingerprint density at radius 1 is 1.44 bits per heavy atom. The molecular formula is C9H10BrCl2N3O. The fraction of sp³-hybridized carbons (Fsp3) is 0.444. The summed E-state index contributed by atoms with van der Waals surface area (Å²) in [6.45, 7) is 3.86. The maximum Gasteiger partial charge on any atom is 0.239 e. The Morgan fingerprint density at radius 3 is 2.56 bits per heavy atom. The molecular weight excluding hydrogens is 317 g/mol. The van der Waals surface area contributed by atoms with Gasteiger partial charge in [0.15, 0.2) is 0 Å². The Kier molecular flexibility index (Phi) is 4.95. The van der Waals surface area contributed by atoms with Crippen LogP contribution in [0.5, 0.6) is 0 Å². The summed E-state index contributed by atoms with van der Waals surface area (Å²) in [6.07, 6.45) is 0. The number of aromatic nitrogens is 2. The van der Waals surface area contributed by atoms with Gasteiger partial charge in [0.05, 0.1) is 4.83 Å². The number of carbonyl (C=O) groups is 1. The van der Waals surface area contributed by atoms with Crippen molar-refractivity contribution < 1.29 is 4.79 Å². The highest BCUT2D eigenvalue weighted by Gasteiger charge is 2.19. The van der Waals surface area contributed by atoms with Gasteiger partial charge in [-0.15, -0.1) is 0 Å². The number of amides is 1. The maximum atomic E-state index is 11.7. The van der Waals surface area contributed by atoms with Crippen LogP contribution in [0.3, 0.4) is 0 Å².